The number of nitrogens with one attached hydrogen (secondary N) is 1. The van der Waals surface area contributed by atoms with Crippen molar-refractivity contribution in [3.63, 3.8) is 0 Å². The van der Waals surface area contributed by atoms with E-state index in [1.807, 2.05) is 18.2 Å². The molecule has 0 atom stereocenters. The summed E-state index contributed by atoms with van der Waals surface area (Å²) < 4.78 is 0. The number of piperidine rings is 1. The van der Waals surface area contributed by atoms with Crippen molar-refractivity contribution in [3.05, 3.63) is 45.4 Å². The van der Waals surface area contributed by atoms with Crippen LogP contribution in [0, 0.1) is 5.92 Å². The highest BCUT2D eigenvalue weighted by molar-refractivity contribution is 7.09. The zero-order chi connectivity index (χ0) is 19.2. The molecule has 0 aliphatic carbocycles. The van der Waals surface area contributed by atoms with E-state index in [9.17, 15) is 4.79 Å². The summed E-state index contributed by atoms with van der Waals surface area (Å²) in [7, 11) is 0. The Kier molecular flexibility index (Phi) is 7.27. The van der Waals surface area contributed by atoms with Gasteiger partial charge in [0.05, 0.1) is 22.9 Å². The van der Waals surface area contributed by atoms with Gasteiger partial charge in [0.25, 0.3) is 0 Å². The topological polar surface area (TPSA) is 45.2 Å². The Bertz CT molecular complexity index is 753. The number of rotatable bonds is 7. The molecule has 27 heavy (non-hydrogen) atoms. The van der Waals surface area contributed by atoms with Crippen molar-refractivity contribution >= 4 is 34.5 Å². The van der Waals surface area contributed by atoms with Crippen molar-refractivity contribution in [2.24, 2.45) is 5.92 Å². The van der Waals surface area contributed by atoms with Crippen LogP contribution in [-0.2, 0) is 11.3 Å². The Morgan fingerprint density at radius 3 is 2.74 bits per heavy atom. The number of hydrogen-bond donors (Lipinski definition) is 1. The van der Waals surface area contributed by atoms with Gasteiger partial charge in [0.1, 0.15) is 5.01 Å². The molecule has 146 valence electrons. The maximum Gasteiger partial charge on any atom is 0.224 e. The maximum absolute atomic E-state index is 12.2. The van der Waals surface area contributed by atoms with E-state index >= 15 is 0 Å². The summed E-state index contributed by atoms with van der Waals surface area (Å²) in [6.45, 7) is 7.51. The molecule has 3 rings (SSSR count). The predicted molar refractivity (Wildman–Crippen MR) is 114 cm³/mol. The van der Waals surface area contributed by atoms with Crippen LogP contribution in [0.25, 0.3) is 0 Å². The number of carbonyl (C=O) groups excluding carboxylic acids is 1. The molecule has 1 amide bonds. The molecule has 0 unspecified atom stereocenters. The second-order valence-electron chi connectivity index (χ2n) is 7.61. The number of benzene rings is 1. The molecule has 6 heteroatoms. The quantitative estimate of drug-likeness (QED) is 0.656. The molecule has 1 aromatic carbocycles. The number of para-hydroxylation sites is 1. The molecule has 4 nitrogen and oxygen atoms in total. The summed E-state index contributed by atoms with van der Waals surface area (Å²) in [4.78, 5) is 19.4. The van der Waals surface area contributed by atoms with Crippen molar-refractivity contribution in [2.75, 3.05) is 18.4 Å². The lowest BCUT2D eigenvalue weighted by Gasteiger charge is -2.31. The van der Waals surface area contributed by atoms with E-state index in [0.29, 0.717) is 29.0 Å². The second kappa shape index (κ2) is 9.67. The van der Waals surface area contributed by atoms with Gasteiger partial charge >= 0.3 is 0 Å². The van der Waals surface area contributed by atoms with E-state index < -0.39 is 0 Å². The molecule has 0 radical (unpaired) electrons. The number of amides is 1. The molecular formula is C21H28ClN3OS. The van der Waals surface area contributed by atoms with Gasteiger partial charge < -0.3 is 5.32 Å². The van der Waals surface area contributed by atoms with E-state index in [-0.39, 0.29) is 5.91 Å². The highest BCUT2D eigenvalue weighted by Gasteiger charge is 2.21. The molecule has 1 N–H and O–H groups in total. The Morgan fingerprint density at radius 2 is 2.07 bits per heavy atom. The van der Waals surface area contributed by atoms with Crippen LogP contribution in [0.3, 0.4) is 0 Å². The standard InChI is InChI=1S/C21H28ClN3OS/c1-15(2)19-14-27-21(24-19)13-25-11-9-16(10-12-25)7-8-20(26)23-18-6-4-3-5-17(18)22/h3-6,14-16H,7-13H2,1-2H3,(H,23,26). The van der Waals surface area contributed by atoms with Gasteiger partial charge in [0.15, 0.2) is 0 Å². The fraction of sp³-hybridized carbons (Fsp3) is 0.524. The monoisotopic (exact) mass is 405 g/mol. The number of carbonyl (C=O) groups is 1. The average molecular weight is 406 g/mol. The third-order valence-corrected chi connectivity index (χ3v) is 6.34. The lowest BCUT2D eigenvalue weighted by molar-refractivity contribution is -0.116. The van der Waals surface area contributed by atoms with Crippen LogP contribution >= 0.6 is 22.9 Å². The fourth-order valence-corrected chi connectivity index (χ4v) is 4.58. The first-order valence-electron chi connectivity index (χ1n) is 9.72. The highest BCUT2D eigenvalue weighted by atomic mass is 35.5. The minimum absolute atomic E-state index is 0.0505. The Morgan fingerprint density at radius 1 is 1.33 bits per heavy atom. The maximum atomic E-state index is 12.2. The Hall–Kier alpha value is -1.43. The number of hydrogen-bond acceptors (Lipinski definition) is 4. The molecule has 0 bridgehead atoms. The van der Waals surface area contributed by atoms with Gasteiger partial charge in [0.2, 0.25) is 5.91 Å². The first-order valence-corrected chi connectivity index (χ1v) is 11.0. The van der Waals surface area contributed by atoms with E-state index in [1.165, 1.54) is 10.7 Å². The zero-order valence-electron chi connectivity index (χ0n) is 16.1. The summed E-state index contributed by atoms with van der Waals surface area (Å²) in [5, 5.41) is 6.90. The number of nitrogens with zero attached hydrogens (tertiary/aromatic N) is 2. The third kappa shape index (κ3) is 6.03. The summed E-state index contributed by atoms with van der Waals surface area (Å²) in [6.07, 6.45) is 3.81. The molecule has 1 saturated heterocycles. The summed E-state index contributed by atoms with van der Waals surface area (Å²) >= 11 is 7.87. The third-order valence-electron chi connectivity index (χ3n) is 5.15. The molecule has 2 heterocycles. The molecule has 1 aliphatic heterocycles. The lowest BCUT2D eigenvalue weighted by atomic mass is 9.92. The number of likely N-dealkylation sites (tertiary alicyclic amines) is 1. The fourth-order valence-electron chi connectivity index (χ4n) is 3.40. The first kappa shape index (κ1) is 20.3. The van der Waals surface area contributed by atoms with Crippen molar-refractivity contribution in [2.45, 2.75) is 52.0 Å². The summed E-state index contributed by atoms with van der Waals surface area (Å²) in [5.41, 5.74) is 1.90. The van der Waals surface area contributed by atoms with E-state index in [4.69, 9.17) is 16.6 Å². The van der Waals surface area contributed by atoms with Gasteiger partial charge in [0, 0.05) is 11.8 Å². The van der Waals surface area contributed by atoms with Crippen LogP contribution < -0.4 is 5.32 Å². The zero-order valence-corrected chi connectivity index (χ0v) is 17.7. The molecule has 0 saturated carbocycles. The van der Waals surface area contributed by atoms with Crippen LogP contribution in [0.4, 0.5) is 5.69 Å². The first-order chi connectivity index (χ1) is 13.0. The van der Waals surface area contributed by atoms with Crippen LogP contribution in [0.5, 0.6) is 0 Å². The van der Waals surface area contributed by atoms with E-state index in [1.54, 1.807) is 17.4 Å². The largest absolute Gasteiger partial charge is 0.325 e. The van der Waals surface area contributed by atoms with Gasteiger partial charge in [-0.1, -0.05) is 37.6 Å². The lowest BCUT2D eigenvalue weighted by Crippen LogP contribution is -2.33. The molecule has 1 fully saturated rings. The van der Waals surface area contributed by atoms with E-state index in [0.717, 1.165) is 38.9 Å². The smallest absolute Gasteiger partial charge is 0.224 e. The van der Waals surface area contributed by atoms with Crippen molar-refractivity contribution in [3.8, 4) is 0 Å². The van der Waals surface area contributed by atoms with Gasteiger partial charge in [-0.25, -0.2) is 4.98 Å². The molecule has 1 aliphatic rings. The number of halogens is 1. The van der Waals surface area contributed by atoms with Crippen molar-refractivity contribution in [1.29, 1.82) is 0 Å². The summed E-state index contributed by atoms with van der Waals surface area (Å²) in [6, 6.07) is 7.37. The second-order valence-corrected chi connectivity index (χ2v) is 8.96. The highest BCUT2D eigenvalue weighted by Crippen LogP contribution is 2.26. The van der Waals surface area contributed by atoms with Crippen LogP contribution in [0.2, 0.25) is 5.02 Å². The van der Waals surface area contributed by atoms with Gasteiger partial charge in [-0.2, -0.15) is 0 Å². The van der Waals surface area contributed by atoms with Crippen LogP contribution in [0.1, 0.15) is 56.2 Å². The van der Waals surface area contributed by atoms with Gasteiger partial charge in [-0.3, -0.25) is 9.69 Å². The molecule has 0 spiro atoms. The summed E-state index contributed by atoms with van der Waals surface area (Å²) in [5.74, 6) is 1.17. The van der Waals surface area contributed by atoms with Crippen LogP contribution in [-0.4, -0.2) is 28.9 Å². The number of aromatic nitrogens is 1. The number of thiazole rings is 1. The molecule has 1 aromatic heterocycles. The molecule has 2 aromatic rings. The predicted octanol–water partition coefficient (Wildman–Crippen LogP) is 5.55. The normalized spacial score (nSPS) is 16.0. The van der Waals surface area contributed by atoms with E-state index in [2.05, 4.69) is 29.4 Å². The average Bonchev–Trinajstić information content (AvgIpc) is 3.12. The SMILES string of the molecule is CC(C)c1csc(CN2CCC(CCC(=O)Nc3ccccc3Cl)CC2)n1. The van der Waals surface area contributed by atoms with Gasteiger partial charge in [-0.05, 0) is 56.3 Å². The number of anilines is 1. The van der Waals surface area contributed by atoms with Crippen molar-refractivity contribution < 1.29 is 4.79 Å². The van der Waals surface area contributed by atoms with Crippen LogP contribution in [0.15, 0.2) is 29.6 Å². The minimum atomic E-state index is 0.0505. The van der Waals surface area contributed by atoms with Gasteiger partial charge in [-0.15, -0.1) is 11.3 Å². The Balaban J connectivity index is 1.38. The Labute approximate surface area is 170 Å². The van der Waals surface area contributed by atoms with Crippen molar-refractivity contribution in [1.82, 2.24) is 9.88 Å². The minimum Gasteiger partial charge on any atom is -0.325 e. The molecular weight excluding hydrogens is 378 g/mol.